The summed E-state index contributed by atoms with van der Waals surface area (Å²) in [5.74, 6) is 0.0514. The third-order valence-corrected chi connectivity index (χ3v) is 4.03. The minimum absolute atomic E-state index is 0.0514. The van der Waals surface area contributed by atoms with Gasteiger partial charge in [0, 0.05) is 30.0 Å². The smallest absolute Gasteiger partial charge is 0.255 e. The van der Waals surface area contributed by atoms with E-state index in [1.807, 2.05) is 17.0 Å². The van der Waals surface area contributed by atoms with Crippen LogP contribution in [0.3, 0.4) is 0 Å². The van der Waals surface area contributed by atoms with E-state index in [-0.39, 0.29) is 5.91 Å². The van der Waals surface area contributed by atoms with Gasteiger partial charge in [0.05, 0.1) is 5.56 Å². The van der Waals surface area contributed by atoms with Gasteiger partial charge in [0.1, 0.15) is 0 Å². The summed E-state index contributed by atoms with van der Waals surface area (Å²) in [7, 11) is 0. The molecule has 0 saturated heterocycles. The molecule has 0 radical (unpaired) electrons. The van der Waals surface area contributed by atoms with Crippen LogP contribution in [0, 0.1) is 0 Å². The van der Waals surface area contributed by atoms with Gasteiger partial charge in [-0.15, -0.1) is 0 Å². The predicted molar refractivity (Wildman–Crippen MR) is 81.4 cm³/mol. The number of carbonyl (C=O) groups is 1. The van der Waals surface area contributed by atoms with Gasteiger partial charge in [-0.05, 0) is 46.0 Å². The number of benzene rings is 1. The fourth-order valence-electron chi connectivity index (χ4n) is 2.59. The fourth-order valence-corrected chi connectivity index (χ4v) is 2.95. The Balaban J connectivity index is 1.86. The number of fused-ring (bicyclic) bond motifs is 1. The van der Waals surface area contributed by atoms with Gasteiger partial charge in [-0.2, -0.15) is 0 Å². The molecule has 1 aromatic carbocycles. The van der Waals surface area contributed by atoms with E-state index in [1.54, 1.807) is 12.4 Å². The summed E-state index contributed by atoms with van der Waals surface area (Å²) in [4.78, 5) is 18.6. The second kappa shape index (κ2) is 5.75. The lowest BCUT2D eigenvalue weighted by atomic mass is 10.0. The maximum Gasteiger partial charge on any atom is 0.255 e. The summed E-state index contributed by atoms with van der Waals surface area (Å²) in [6.07, 6.45) is 5.36. The van der Waals surface area contributed by atoms with E-state index in [1.165, 1.54) is 11.1 Å². The lowest BCUT2D eigenvalue weighted by Crippen LogP contribution is -2.30. The summed E-state index contributed by atoms with van der Waals surface area (Å²) in [6.45, 7) is 1.47. The van der Waals surface area contributed by atoms with Crippen LogP contribution in [-0.4, -0.2) is 22.3 Å². The molecule has 3 nitrogen and oxygen atoms in total. The van der Waals surface area contributed by atoms with Crippen LogP contribution in [0.5, 0.6) is 0 Å². The zero-order valence-corrected chi connectivity index (χ0v) is 12.6. The number of amides is 1. The molecule has 4 heteroatoms. The molecule has 0 aliphatic carbocycles. The Morgan fingerprint density at radius 1 is 1.20 bits per heavy atom. The van der Waals surface area contributed by atoms with Gasteiger partial charge in [0.15, 0.2) is 0 Å². The molecule has 2 heterocycles. The first-order valence-corrected chi connectivity index (χ1v) is 7.50. The third-order valence-electron chi connectivity index (χ3n) is 3.59. The highest BCUT2D eigenvalue weighted by atomic mass is 79.9. The average Bonchev–Trinajstić information content (AvgIpc) is 2.68. The number of pyridine rings is 1. The van der Waals surface area contributed by atoms with Crippen molar-refractivity contribution in [1.29, 1.82) is 0 Å². The van der Waals surface area contributed by atoms with E-state index in [9.17, 15) is 4.79 Å². The highest BCUT2D eigenvalue weighted by molar-refractivity contribution is 9.10. The summed E-state index contributed by atoms with van der Waals surface area (Å²) in [5, 5.41) is 0. The Morgan fingerprint density at radius 3 is 2.80 bits per heavy atom. The van der Waals surface area contributed by atoms with Crippen molar-refractivity contribution in [2.75, 3.05) is 6.54 Å². The molecule has 0 fully saturated rings. The Kier molecular flexibility index (Phi) is 3.83. The van der Waals surface area contributed by atoms with Crippen molar-refractivity contribution < 1.29 is 4.79 Å². The third kappa shape index (κ3) is 2.75. The van der Waals surface area contributed by atoms with Crippen molar-refractivity contribution >= 4 is 21.8 Å². The highest BCUT2D eigenvalue weighted by Crippen LogP contribution is 2.20. The Morgan fingerprint density at radius 2 is 2.00 bits per heavy atom. The summed E-state index contributed by atoms with van der Waals surface area (Å²) in [5.41, 5.74) is 3.25. The van der Waals surface area contributed by atoms with E-state index >= 15 is 0 Å². The standard InChI is InChI=1S/C16H15BrN2O/c17-15-8-14(9-18-10-15)16(20)19-7-3-6-12-4-1-2-5-13(12)11-19/h1-2,4-5,8-10H,3,6-7,11H2. The Bertz CT molecular complexity index is 642. The van der Waals surface area contributed by atoms with Gasteiger partial charge in [0.25, 0.3) is 5.91 Å². The maximum atomic E-state index is 12.6. The Hall–Kier alpha value is -1.68. The van der Waals surface area contributed by atoms with E-state index in [0.29, 0.717) is 12.1 Å². The van der Waals surface area contributed by atoms with Crippen molar-refractivity contribution in [3.63, 3.8) is 0 Å². The molecule has 1 aromatic heterocycles. The quantitative estimate of drug-likeness (QED) is 0.802. The minimum atomic E-state index is 0.0514. The van der Waals surface area contributed by atoms with Crippen LogP contribution >= 0.6 is 15.9 Å². The molecule has 1 aliphatic rings. The van der Waals surface area contributed by atoms with Gasteiger partial charge in [-0.25, -0.2) is 0 Å². The van der Waals surface area contributed by atoms with Crippen LogP contribution in [0.2, 0.25) is 0 Å². The predicted octanol–water partition coefficient (Wildman–Crippen LogP) is 3.43. The van der Waals surface area contributed by atoms with Crippen LogP contribution < -0.4 is 0 Å². The lowest BCUT2D eigenvalue weighted by Gasteiger charge is -2.21. The maximum absolute atomic E-state index is 12.6. The van der Waals surface area contributed by atoms with Gasteiger partial charge in [0.2, 0.25) is 0 Å². The highest BCUT2D eigenvalue weighted by Gasteiger charge is 2.20. The Labute approximate surface area is 126 Å². The summed E-state index contributed by atoms with van der Waals surface area (Å²) >= 11 is 3.36. The minimum Gasteiger partial charge on any atom is -0.334 e. The molecule has 0 unspecified atom stereocenters. The largest absolute Gasteiger partial charge is 0.334 e. The zero-order valence-electron chi connectivity index (χ0n) is 11.1. The number of rotatable bonds is 1. The van der Waals surface area contributed by atoms with Crippen LogP contribution in [0.25, 0.3) is 0 Å². The second-order valence-corrected chi connectivity index (χ2v) is 5.91. The van der Waals surface area contributed by atoms with Crippen molar-refractivity contribution in [2.24, 2.45) is 0 Å². The first kappa shape index (κ1) is 13.3. The van der Waals surface area contributed by atoms with E-state index in [4.69, 9.17) is 0 Å². The monoisotopic (exact) mass is 330 g/mol. The molecular formula is C16H15BrN2O. The molecule has 1 aliphatic heterocycles. The number of halogens is 1. The van der Waals surface area contributed by atoms with Gasteiger partial charge in [-0.3, -0.25) is 9.78 Å². The first-order chi connectivity index (χ1) is 9.74. The van der Waals surface area contributed by atoms with Crippen molar-refractivity contribution in [2.45, 2.75) is 19.4 Å². The van der Waals surface area contributed by atoms with Gasteiger partial charge in [-0.1, -0.05) is 24.3 Å². The van der Waals surface area contributed by atoms with E-state index < -0.39 is 0 Å². The molecular weight excluding hydrogens is 316 g/mol. The molecule has 0 atom stereocenters. The van der Waals surface area contributed by atoms with Gasteiger partial charge < -0.3 is 4.90 Å². The SMILES string of the molecule is O=C(c1cncc(Br)c1)N1CCCc2ccccc2C1. The number of hydrogen-bond donors (Lipinski definition) is 0. The number of carbonyl (C=O) groups excluding carboxylic acids is 1. The average molecular weight is 331 g/mol. The number of aromatic nitrogens is 1. The molecule has 0 bridgehead atoms. The summed E-state index contributed by atoms with van der Waals surface area (Å²) in [6, 6.07) is 10.2. The van der Waals surface area contributed by atoms with Crippen molar-refractivity contribution in [1.82, 2.24) is 9.88 Å². The molecule has 3 rings (SSSR count). The number of aryl methyl sites for hydroxylation is 1. The van der Waals surface area contributed by atoms with Crippen LogP contribution in [0.4, 0.5) is 0 Å². The van der Waals surface area contributed by atoms with Crippen molar-refractivity contribution in [3.05, 3.63) is 63.9 Å². The normalized spacial score (nSPS) is 14.6. The molecule has 1 amide bonds. The fraction of sp³-hybridized carbons (Fsp3) is 0.250. The number of hydrogen-bond acceptors (Lipinski definition) is 2. The molecule has 0 N–H and O–H groups in total. The van der Waals surface area contributed by atoms with Gasteiger partial charge >= 0.3 is 0 Å². The second-order valence-electron chi connectivity index (χ2n) is 4.99. The van der Waals surface area contributed by atoms with E-state index in [0.717, 1.165) is 23.9 Å². The summed E-state index contributed by atoms with van der Waals surface area (Å²) < 4.78 is 0.832. The zero-order chi connectivity index (χ0) is 13.9. The molecule has 0 saturated carbocycles. The topological polar surface area (TPSA) is 33.2 Å². The molecule has 0 spiro atoms. The van der Waals surface area contributed by atoms with Crippen LogP contribution in [-0.2, 0) is 13.0 Å². The van der Waals surface area contributed by atoms with Crippen molar-refractivity contribution in [3.8, 4) is 0 Å². The lowest BCUT2D eigenvalue weighted by molar-refractivity contribution is 0.0745. The van der Waals surface area contributed by atoms with E-state index in [2.05, 4.69) is 39.1 Å². The molecule has 20 heavy (non-hydrogen) atoms. The first-order valence-electron chi connectivity index (χ1n) is 6.70. The van der Waals surface area contributed by atoms with Crippen LogP contribution in [0.15, 0.2) is 47.2 Å². The molecule has 102 valence electrons. The van der Waals surface area contributed by atoms with Crippen LogP contribution in [0.1, 0.15) is 27.9 Å². The molecule has 2 aromatic rings. The number of nitrogens with zero attached hydrogens (tertiary/aromatic N) is 2.